The van der Waals surface area contributed by atoms with Crippen LogP contribution in [0.15, 0.2) is 15.7 Å². The van der Waals surface area contributed by atoms with Crippen molar-refractivity contribution in [3.8, 4) is 0 Å². The van der Waals surface area contributed by atoms with Crippen LogP contribution in [0.5, 0.6) is 0 Å². The summed E-state index contributed by atoms with van der Waals surface area (Å²) in [4.78, 5) is 22.4. The van der Waals surface area contributed by atoms with Crippen molar-refractivity contribution < 1.29 is 27.9 Å². The predicted molar refractivity (Wildman–Crippen MR) is 70.2 cm³/mol. The summed E-state index contributed by atoms with van der Waals surface area (Å²) in [6, 6.07) is 0.173. The molecule has 0 bridgehead atoms. The van der Waals surface area contributed by atoms with Crippen LogP contribution in [0.2, 0.25) is 0 Å². The highest BCUT2D eigenvalue weighted by atomic mass is 32.2. The van der Waals surface area contributed by atoms with Crippen molar-refractivity contribution in [2.45, 2.75) is 23.1 Å². The minimum atomic E-state index is -3.89. The maximum atomic E-state index is 12.4. The van der Waals surface area contributed by atoms with Gasteiger partial charge in [-0.15, -0.1) is 11.3 Å². The zero-order valence-corrected chi connectivity index (χ0v) is 12.2. The SMILES string of the molecule is COC(=O)c1csc(S(=O)(=O)N2CCC[C@H]2C(=O)O)c1. The van der Waals surface area contributed by atoms with Crippen molar-refractivity contribution in [3.63, 3.8) is 0 Å². The summed E-state index contributed by atoms with van der Waals surface area (Å²) in [6.45, 7) is 0.171. The molecule has 1 atom stereocenters. The van der Waals surface area contributed by atoms with E-state index in [9.17, 15) is 18.0 Å². The molecule has 0 amide bonds. The van der Waals surface area contributed by atoms with Gasteiger partial charge in [0, 0.05) is 11.9 Å². The minimum Gasteiger partial charge on any atom is -0.480 e. The van der Waals surface area contributed by atoms with Gasteiger partial charge in [0.25, 0.3) is 10.0 Å². The Kier molecular flexibility index (Phi) is 4.11. The molecule has 2 rings (SSSR count). The lowest BCUT2D eigenvalue weighted by molar-refractivity contribution is -0.140. The summed E-state index contributed by atoms with van der Waals surface area (Å²) < 4.78 is 30.2. The topological polar surface area (TPSA) is 101 Å². The fraction of sp³-hybridized carbons (Fsp3) is 0.455. The molecule has 1 fully saturated rings. The Hall–Kier alpha value is -1.45. The molecule has 0 aromatic carbocycles. The molecule has 1 N–H and O–H groups in total. The van der Waals surface area contributed by atoms with Crippen LogP contribution in [0.3, 0.4) is 0 Å². The molecule has 7 nitrogen and oxygen atoms in total. The number of carboxylic acids is 1. The lowest BCUT2D eigenvalue weighted by Crippen LogP contribution is -2.40. The quantitative estimate of drug-likeness (QED) is 0.823. The van der Waals surface area contributed by atoms with Crippen molar-refractivity contribution in [2.24, 2.45) is 0 Å². The molecule has 0 spiro atoms. The van der Waals surface area contributed by atoms with Crippen LogP contribution in [0, 0.1) is 0 Å². The van der Waals surface area contributed by atoms with E-state index in [0.717, 1.165) is 15.6 Å². The fourth-order valence-corrected chi connectivity index (χ4v) is 4.99. The number of rotatable bonds is 4. The van der Waals surface area contributed by atoms with E-state index in [-0.39, 0.29) is 16.3 Å². The van der Waals surface area contributed by atoms with Crippen LogP contribution in [0.4, 0.5) is 0 Å². The van der Waals surface area contributed by atoms with Gasteiger partial charge in [-0.25, -0.2) is 13.2 Å². The van der Waals surface area contributed by atoms with Gasteiger partial charge in [-0.05, 0) is 18.9 Å². The molecular weight excluding hydrogens is 306 g/mol. The van der Waals surface area contributed by atoms with Crippen LogP contribution in [-0.2, 0) is 19.6 Å². The largest absolute Gasteiger partial charge is 0.480 e. The first-order valence-corrected chi connectivity index (χ1v) is 8.11. The number of thiophene rings is 1. The van der Waals surface area contributed by atoms with Gasteiger partial charge in [0.15, 0.2) is 0 Å². The Balaban J connectivity index is 2.33. The molecule has 1 aromatic rings. The first-order valence-electron chi connectivity index (χ1n) is 5.79. The highest BCUT2D eigenvalue weighted by molar-refractivity contribution is 7.91. The Labute approximate surface area is 119 Å². The van der Waals surface area contributed by atoms with Gasteiger partial charge in [-0.2, -0.15) is 4.31 Å². The van der Waals surface area contributed by atoms with Crippen LogP contribution in [-0.4, -0.2) is 49.5 Å². The predicted octanol–water partition coefficient (Wildman–Crippen LogP) is 0.772. The molecule has 20 heavy (non-hydrogen) atoms. The zero-order chi connectivity index (χ0) is 14.9. The molecule has 1 saturated heterocycles. The van der Waals surface area contributed by atoms with E-state index in [4.69, 9.17) is 5.11 Å². The van der Waals surface area contributed by atoms with E-state index in [1.54, 1.807) is 0 Å². The average molecular weight is 319 g/mol. The Morgan fingerprint density at radius 3 is 2.80 bits per heavy atom. The van der Waals surface area contributed by atoms with Crippen molar-refractivity contribution in [2.75, 3.05) is 13.7 Å². The van der Waals surface area contributed by atoms with E-state index in [1.807, 2.05) is 0 Å². The van der Waals surface area contributed by atoms with E-state index >= 15 is 0 Å². The number of aliphatic carboxylic acids is 1. The number of esters is 1. The van der Waals surface area contributed by atoms with Crippen LogP contribution < -0.4 is 0 Å². The summed E-state index contributed by atoms with van der Waals surface area (Å²) in [5.74, 6) is -1.78. The van der Waals surface area contributed by atoms with Gasteiger partial charge in [0.2, 0.25) is 0 Å². The lowest BCUT2D eigenvalue weighted by atomic mass is 10.2. The fourth-order valence-electron chi connectivity index (χ4n) is 2.07. The first kappa shape index (κ1) is 14.9. The van der Waals surface area contributed by atoms with Gasteiger partial charge < -0.3 is 9.84 Å². The molecular formula is C11H13NO6S2. The molecule has 9 heteroatoms. The third-order valence-electron chi connectivity index (χ3n) is 3.05. The molecule has 1 aliphatic heterocycles. The highest BCUT2D eigenvalue weighted by Crippen LogP contribution is 2.30. The summed E-state index contributed by atoms with van der Waals surface area (Å²) >= 11 is 0.877. The number of carboxylic acid groups (broad SMARTS) is 1. The smallest absolute Gasteiger partial charge is 0.338 e. The minimum absolute atomic E-state index is 0.0500. The number of methoxy groups -OCH3 is 1. The third-order valence-corrected chi connectivity index (χ3v) is 6.37. The van der Waals surface area contributed by atoms with Crippen molar-refractivity contribution in [1.82, 2.24) is 4.31 Å². The van der Waals surface area contributed by atoms with E-state index in [0.29, 0.717) is 12.8 Å². The normalized spacial score (nSPS) is 19.9. The van der Waals surface area contributed by atoms with Gasteiger partial charge in [0.1, 0.15) is 10.3 Å². The lowest BCUT2D eigenvalue weighted by Gasteiger charge is -2.19. The summed E-state index contributed by atoms with van der Waals surface area (Å²) in [5, 5.41) is 10.4. The van der Waals surface area contributed by atoms with Gasteiger partial charge in [-0.1, -0.05) is 0 Å². The summed E-state index contributed by atoms with van der Waals surface area (Å²) in [6.07, 6.45) is 0.801. The second-order valence-electron chi connectivity index (χ2n) is 4.26. The van der Waals surface area contributed by atoms with Crippen molar-refractivity contribution in [1.29, 1.82) is 0 Å². The maximum Gasteiger partial charge on any atom is 0.338 e. The number of carbonyl (C=O) groups is 2. The highest BCUT2D eigenvalue weighted by Gasteiger charge is 2.40. The van der Waals surface area contributed by atoms with Crippen LogP contribution in [0.1, 0.15) is 23.2 Å². The molecule has 0 unspecified atom stereocenters. The van der Waals surface area contributed by atoms with Gasteiger partial charge >= 0.3 is 11.9 Å². The zero-order valence-electron chi connectivity index (χ0n) is 10.6. The molecule has 110 valence electrons. The van der Waals surface area contributed by atoms with Crippen LogP contribution in [0.25, 0.3) is 0 Å². The number of ether oxygens (including phenoxy) is 1. The molecule has 1 aliphatic rings. The molecule has 0 saturated carbocycles. The van der Waals surface area contributed by atoms with E-state index in [1.165, 1.54) is 18.6 Å². The second-order valence-corrected chi connectivity index (χ2v) is 7.29. The summed E-state index contributed by atoms with van der Waals surface area (Å²) in [5.41, 5.74) is 0.141. The Morgan fingerprint density at radius 1 is 1.50 bits per heavy atom. The summed E-state index contributed by atoms with van der Waals surface area (Å²) in [7, 11) is -2.69. The van der Waals surface area contributed by atoms with Gasteiger partial charge in [0.05, 0.1) is 12.7 Å². The number of carbonyl (C=O) groups excluding carboxylic acids is 1. The van der Waals surface area contributed by atoms with E-state index < -0.39 is 28.0 Å². The third kappa shape index (κ3) is 2.56. The average Bonchev–Trinajstić information content (AvgIpc) is 3.06. The Morgan fingerprint density at radius 2 is 2.20 bits per heavy atom. The molecule has 2 heterocycles. The van der Waals surface area contributed by atoms with Crippen molar-refractivity contribution in [3.05, 3.63) is 17.0 Å². The second kappa shape index (κ2) is 5.51. The van der Waals surface area contributed by atoms with E-state index in [2.05, 4.69) is 4.74 Å². The van der Waals surface area contributed by atoms with Gasteiger partial charge in [-0.3, -0.25) is 4.79 Å². The molecule has 0 aliphatic carbocycles. The van der Waals surface area contributed by atoms with Crippen LogP contribution >= 0.6 is 11.3 Å². The monoisotopic (exact) mass is 319 g/mol. The number of sulfonamides is 1. The number of hydrogen-bond donors (Lipinski definition) is 1. The maximum absolute atomic E-state index is 12.4. The standard InChI is InChI=1S/C11H13NO6S2/c1-18-11(15)7-5-9(19-6-7)20(16,17)12-4-2-3-8(12)10(13)14/h5-6,8H,2-4H2,1H3,(H,13,14)/t8-/m0/s1. The number of nitrogens with zero attached hydrogens (tertiary/aromatic N) is 1. The van der Waals surface area contributed by atoms with Crippen molar-refractivity contribution >= 4 is 33.3 Å². The Bertz CT molecular complexity index is 635. The number of hydrogen-bond acceptors (Lipinski definition) is 6. The molecule has 0 radical (unpaired) electrons. The first-order chi connectivity index (χ1) is 9.37. The molecule has 1 aromatic heterocycles.